The van der Waals surface area contributed by atoms with Crippen LogP contribution in [0, 0.1) is 0 Å². The first-order valence-electron chi connectivity index (χ1n) is 3.81. The summed E-state index contributed by atoms with van der Waals surface area (Å²) in [6.07, 6.45) is -2.68. The average Bonchev–Trinajstić information content (AvgIpc) is 2.15. The molecule has 0 amide bonds. The standard InChI is InChI=1S/C8H9ClF2N2O/c1-14-6-2-4(9)7(8(10)11)5(3-12)13-6/h2,8H,3,12H2,1H3. The van der Waals surface area contributed by atoms with Crippen molar-refractivity contribution in [3.8, 4) is 5.88 Å². The number of hydrogen-bond donors (Lipinski definition) is 1. The molecule has 6 heteroatoms. The van der Waals surface area contributed by atoms with Gasteiger partial charge in [0.1, 0.15) is 0 Å². The lowest BCUT2D eigenvalue weighted by atomic mass is 10.2. The molecule has 14 heavy (non-hydrogen) atoms. The van der Waals surface area contributed by atoms with E-state index in [1.54, 1.807) is 0 Å². The Kier molecular flexibility index (Phi) is 3.60. The molecule has 3 nitrogen and oxygen atoms in total. The highest BCUT2D eigenvalue weighted by Crippen LogP contribution is 2.31. The molecule has 78 valence electrons. The van der Waals surface area contributed by atoms with Crippen molar-refractivity contribution < 1.29 is 13.5 Å². The van der Waals surface area contributed by atoms with E-state index in [9.17, 15) is 8.78 Å². The van der Waals surface area contributed by atoms with Crippen molar-refractivity contribution in [1.29, 1.82) is 0 Å². The summed E-state index contributed by atoms with van der Waals surface area (Å²) in [6, 6.07) is 1.24. The predicted octanol–water partition coefficient (Wildman–Crippen LogP) is 2.14. The fourth-order valence-corrected chi connectivity index (χ4v) is 1.32. The lowest BCUT2D eigenvalue weighted by molar-refractivity contribution is 0.149. The van der Waals surface area contributed by atoms with Gasteiger partial charge >= 0.3 is 0 Å². The van der Waals surface area contributed by atoms with Crippen LogP contribution in [0.25, 0.3) is 0 Å². The van der Waals surface area contributed by atoms with Gasteiger partial charge in [0.2, 0.25) is 5.88 Å². The number of nitrogens with two attached hydrogens (primary N) is 1. The van der Waals surface area contributed by atoms with E-state index >= 15 is 0 Å². The first-order valence-corrected chi connectivity index (χ1v) is 4.19. The minimum atomic E-state index is -2.68. The topological polar surface area (TPSA) is 48.1 Å². The van der Waals surface area contributed by atoms with Crippen LogP contribution in [0.5, 0.6) is 5.88 Å². The molecule has 0 radical (unpaired) electrons. The molecule has 0 aliphatic rings. The first kappa shape index (κ1) is 11.1. The van der Waals surface area contributed by atoms with Crippen molar-refractivity contribution in [3.63, 3.8) is 0 Å². The molecule has 0 bridgehead atoms. The van der Waals surface area contributed by atoms with E-state index < -0.39 is 6.43 Å². The second kappa shape index (κ2) is 4.52. The highest BCUT2D eigenvalue weighted by molar-refractivity contribution is 6.31. The smallest absolute Gasteiger partial charge is 0.267 e. The lowest BCUT2D eigenvalue weighted by Crippen LogP contribution is -2.07. The SMILES string of the molecule is COc1cc(Cl)c(C(F)F)c(CN)n1. The molecule has 0 atom stereocenters. The van der Waals surface area contributed by atoms with Gasteiger partial charge in [0.05, 0.1) is 23.4 Å². The number of halogens is 3. The Bertz CT molecular complexity index is 333. The maximum absolute atomic E-state index is 12.5. The van der Waals surface area contributed by atoms with E-state index in [1.165, 1.54) is 13.2 Å². The van der Waals surface area contributed by atoms with E-state index in [1.807, 2.05) is 0 Å². The van der Waals surface area contributed by atoms with E-state index in [2.05, 4.69) is 4.98 Å². The van der Waals surface area contributed by atoms with Crippen LogP contribution in [-0.4, -0.2) is 12.1 Å². The molecule has 0 spiro atoms. The van der Waals surface area contributed by atoms with Gasteiger partial charge in [0.25, 0.3) is 6.43 Å². The van der Waals surface area contributed by atoms with Crippen LogP contribution in [0.2, 0.25) is 5.02 Å². The summed E-state index contributed by atoms with van der Waals surface area (Å²) in [7, 11) is 1.38. The minimum absolute atomic E-state index is 0.0596. The molecule has 2 N–H and O–H groups in total. The summed E-state index contributed by atoms with van der Waals surface area (Å²) < 4.78 is 29.8. The van der Waals surface area contributed by atoms with Crippen molar-refractivity contribution in [2.75, 3.05) is 7.11 Å². The summed E-state index contributed by atoms with van der Waals surface area (Å²) in [5.74, 6) is 0.180. The van der Waals surface area contributed by atoms with Crippen molar-refractivity contribution in [2.24, 2.45) is 5.73 Å². The predicted molar refractivity (Wildman–Crippen MR) is 48.6 cm³/mol. The molecular weight excluding hydrogens is 214 g/mol. The van der Waals surface area contributed by atoms with Gasteiger partial charge in [0, 0.05) is 12.6 Å². The van der Waals surface area contributed by atoms with Crippen molar-refractivity contribution in [1.82, 2.24) is 4.98 Å². The maximum Gasteiger partial charge on any atom is 0.267 e. The number of ether oxygens (including phenoxy) is 1. The molecular formula is C8H9ClF2N2O. The summed E-state index contributed by atoms with van der Waals surface area (Å²) in [5.41, 5.74) is 5.01. The van der Waals surface area contributed by atoms with Gasteiger partial charge in [-0.15, -0.1) is 0 Å². The van der Waals surface area contributed by atoms with Crippen molar-refractivity contribution in [2.45, 2.75) is 13.0 Å². The summed E-state index contributed by atoms with van der Waals surface area (Å²) in [4.78, 5) is 3.78. The molecule has 0 aliphatic carbocycles. The molecule has 0 aliphatic heterocycles. The van der Waals surface area contributed by atoms with Crippen LogP contribution in [-0.2, 0) is 6.54 Å². The number of alkyl halides is 2. The zero-order valence-corrected chi connectivity index (χ0v) is 8.18. The first-order chi connectivity index (χ1) is 6.60. The Balaban J connectivity index is 3.27. The monoisotopic (exact) mass is 222 g/mol. The molecule has 1 aromatic heterocycles. The molecule has 0 unspecified atom stereocenters. The quantitative estimate of drug-likeness (QED) is 0.853. The van der Waals surface area contributed by atoms with Crippen molar-refractivity contribution >= 4 is 11.6 Å². The number of aromatic nitrogens is 1. The number of pyridine rings is 1. The second-order valence-electron chi connectivity index (χ2n) is 2.51. The number of rotatable bonds is 3. The average molecular weight is 223 g/mol. The van der Waals surface area contributed by atoms with Crippen LogP contribution in [0.1, 0.15) is 17.7 Å². The van der Waals surface area contributed by atoms with Crippen LogP contribution in [0.15, 0.2) is 6.07 Å². The third kappa shape index (κ3) is 2.10. The molecule has 1 rings (SSSR count). The molecule has 0 saturated heterocycles. The van der Waals surface area contributed by atoms with E-state index in [4.69, 9.17) is 22.1 Å². The Morgan fingerprint density at radius 1 is 1.64 bits per heavy atom. The largest absolute Gasteiger partial charge is 0.481 e. The minimum Gasteiger partial charge on any atom is -0.481 e. The normalized spacial score (nSPS) is 10.7. The van der Waals surface area contributed by atoms with Gasteiger partial charge in [-0.25, -0.2) is 13.8 Å². The fourth-order valence-electron chi connectivity index (χ4n) is 1.04. The third-order valence-corrected chi connectivity index (χ3v) is 2.00. The zero-order valence-electron chi connectivity index (χ0n) is 7.43. The van der Waals surface area contributed by atoms with Crippen LogP contribution < -0.4 is 10.5 Å². The molecule has 1 aromatic rings. The van der Waals surface area contributed by atoms with Gasteiger partial charge in [-0.05, 0) is 0 Å². The van der Waals surface area contributed by atoms with Crippen LogP contribution >= 0.6 is 11.6 Å². The van der Waals surface area contributed by atoms with Crippen molar-refractivity contribution in [3.05, 3.63) is 22.3 Å². The van der Waals surface area contributed by atoms with Crippen LogP contribution in [0.4, 0.5) is 8.78 Å². The fraction of sp³-hybridized carbons (Fsp3) is 0.375. The number of nitrogens with zero attached hydrogens (tertiary/aromatic N) is 1. The lowest BCUT2D eigenvalue weighted by Gasteiger charge is -2.09. The third-order valence-electron chi connectivity index (χ3n) is 1.68. The maximum atomic E-state index is 12.5. The van der Waals surface area contributed by atoms with E-state index in [0.29, 0.717) is 0 Å². The summed E-state index contributed by atoms with van der Waals surface area (Å²) in [5, 5.41) is -0.0766. The summed E-state index contributed by atoms with van der Waals surface area (Å²) in [6.45, 7) is -0.101. The Morgan fingerprint density at radius 3 is 2.71 bits per heavy atom. The molecule has 0 saturated carbocycles. The van der Waals surface area contributed by atoms with Gasteiger partial charge in [-0.2, -0.15) is 0 Å². The van der Waals surface area contributed by atoms with Gasteiger partial charge in [-0.3, -0.25) is 0 Å². The van der Waals surface area contributed by atoms with Gasteiger partial charge < -0.3 is 10.5 Å². The number of hydrogen-bond acceptors (Lipinski definition) is 3. The highest BCUT2D eigenvalue weighted by atomic mass is 35.5. The van der Waals surface area contributed by atoms with E-state index in [-0.39, 0.29) is 28.7 Å². The molecule has 0 aromatic carbocycles. The second-order valence-corrected chi connectivity index (χ2v) is 2.92. The van der Waals surface area contributed by atoms with Crippen LogP contribution in [0.3, 0.4) is 0 Å². The number of methoxy groups -OCH3 is 1. The Morgan fingerprint density at radius 2 is 2.29 bits per heavy atom. The Hall–Kier alpha value is -0.940. The van der Waals surface area contributed by atoms with E-state index in [0.717, 1.165) is 0 Å². The summed E-state index contributed by atoms with van der Waals surface area (Å²) >= 11 is 5.63. The zero-order chi connectivity index (χ0) is 10.7. The molecule has 0 fully saturated rings. The highest BCUT2D eigenvalue weighted by Gasteiger charge is 2.19. The molecule has 1 heterocycles. The van der Waals surface area contributed by atoms with Gasteiger partial charge in [-0.1, -0.05) is 11.6 Å². The van der Waals surface area contributed by atoms with Gasteiger partial charge in [0.15, 0.2) is 0 Å². The Labute approximate surface area is 84.8 Å².